The van der Waals surface area contributed by atoms with E-state index in [0.29, 0.717) is 0 Å². The van der Waals surface area contributed by atoms with E-state index in [9.17, 15) is 0 Å². The summed E-state index contributed by atoms with van der Waals surface area (Å²) >= 11 is 0. The van der Waals surface area contributed by atoms with Gasteiger partial charge in [0, 0.05) is 62.1 Å². The van der Waals surface area contributed by atoms with Crippen molar-refractivity contribution in [3.05, 3.63) is 42.0 Å². The summed E-state index contributed by atoms with van der Waals surface area (Å²) in [6, 6.07) is 4.28. The van der Waals surface area contributed by atoms with Crippen molar-refractivity contribution in [2.75, 3.05) is 31.1 Å². The van der Waals surface area contributed by atoms with Gasteiger partial charge in [-0.3, -0.25) is 14.6 Å². The van der Waals surface area contributed by atoms with E-state index in [1.54, 1.807) is 0 Å². The van der Waals surface area contributed by atoms with Crippen LogP contribution in [0.3, 0.4) is 0 Å². The Morgan fingerprint density at radius 2 is 1.87 bits per heavy atom. The number of hydrogen-bond donors (Lipinski definition) is 0. The second kappa shape index (κ2) is 6.32. The van der Waals surface area contributed by atoms with Crippen LogP contribution in [0.25, 0.3) is 0 Å². The van der Waals surface area contributed by atoms with Gasteiger partial charge < -0.3 is 4.90 Å². The summed E-state index contributed by atoms with van der Waals surface area (Å²) in [5.41, 5.74) is 3.72. The van der Waals surface area contributed by atoms with Gasteiger partial charge in [0.05, 0.1) is 11.7 Å². The Labute approximate surface area is 138 Å². The lowest BCUT2D eigenvalue weighted by molar-refractivity contribution is 0.249. The van der Waals surface area contributed by atoms with Gasteiger partial charge in [-0.05, 0) is 39.8 Å². The first kappa shape index (κ1) is 16.0. The monoisotopic (exact) mass is 313 g/mol. The lowest BCUT2D eigenvalue weighted by atomic mass is 10.1. The van der Waals surface area contributed by atoms with E-state index in [-0.39, 0.29) is 5.54 Å². The minimum Gasteiger partial charge on any atom is -0.369 e. The van der Waals surface area contributed by atoms with E-state index in [4.69, 9.17) is 0 Å². The van der Waals surface area contributed by atoms with Gasteiger partial charge in [0.2, 0.25) is 0 Å². The van der Waals surface area contributed by atoms with Crippen molar-refractivity contribution in [1.29, 1.82) is 0 Å². The van der Waals surface area contributed by atoms with Crippen LogP contribution in [-0.4, -0.2) is 45.8 Å². The van der Waals surface area contributed by atoms with Crippen LogP contribution in [0.15, 0.2) is 30.7 Å². The summed E-state index contributed by atoms with van der Waals surface area (Å²) in [5, 5.41) is 4.50. The quantitative estimate of drug-likeness (QED) is 0.873. The fourth-order valence-corrected chi connectivity index (χ4v) is 2.96. The third-order valence-corrected chi connectivity index (χ3v) is 4.35. The molecule has 5 nitrogen and oxygen atoms in total. The summed E-state index contributed by atoms with van der Waals surface area (Å²) in [6.45, 7) is 13.9. The minimum atomic E-state index is 0.0517. The molecular formula is C18H27N5. The first-order valence-electron chi connectivity index (χ1n) is 8.36. The summed E-state index contributed by atoms with van der Waals surface area (Å²) < 4.78 is 2.05. The average Bonchev–Trinajstić information content (AvgIpc) is 2.97. The molecule has 5 heteroatoms. The molecule has 1 aliphatic heterocycles. The van der Waals surface area contributed by atoms with Crippen molar-refractivity contribution in [3.63, 3.8) is 0 Å². The molecule has 0 spiro atoms. The predicted molar refractivity (Wildman–Crippen MR) is 93.7 cm³/mol. The number of piperazine rings is 1. The lowest BCUT2D eigenvalue weighted by Crippen LogP contribution is -2.46. The van der Waals surface area contributed by atoms with Crippen LogP contribution < -0.4 is 4.90 Å². The fraction of sp³-hybridized carbons (Fsp3) is 0.556. The second-order valence-electron chi connectivity index (χ2n) is 7.38. The van der Waals surface area contributed by atoms with Crippen molar-refractivity contribution in [2.24, 2.45) is 0 Å². The molecule has 1 saturated heterocycles. The Morgan fingerprint density at radius 1 is 1.13 bits per heavy atom. The molecule has 0 unspecified atom stereocenters. The maximum absolute atomic E-state index is 4.50. The third-order valence-electron chi connectivity index (χ3n) is 4.35. The van der Waals surface area contributed by atoms with Crippen molar-refractivity contribution in [1.82, 2.24) is 19.7 Å². The Bertz CT molecular complexity index is 647. The zero-order valence-corrected chi connectivity index (χ0v) is 14.7. The molecule has 0 bridgehead atoms. The summed E-state index contributed by atoms with van der Waals surface area (Å²) in [6.07, 6.45) is 6.08. The summed E-state index contributed by atoms with van der Waals surface area (Å²) in [5.74, 6) is 0. The van der Waals surface area contributed by atoms with E-state index >= 15 is 0 Å². The highest BCUT2D eigenvalue weighted by molar-refractivity contribution is 5.46. The molecule has 0 saturated carbocycles. The third kappa shape index (κ3) is 3.91. The fourth-order valence-electron chi connectivity index (χ4n) is 2.96. The maximum Gasteiger partial charge on any atom is 0.0543 e. The molecule has 23 heavy (non-hydrogen) atoms. The van der Waals surface area contributed by atoms with Gasteiger partial charge >= 0.3 is 0 Å². The van der Waals surface area contributed by atoms with Crippen LogP contribution in [0.5, 0.6) is 0 Å². The van der Waals surface area contributed by atoms with Gasteiger partial charge in [0.1, 0.15) is 0 Å². The number of hydrogen-bond acceptors (Lipinski definition) is 4. The van der Waals surface area contributed by atoms with Crippen molar-refractivity contribution in [2.45, 2.75) is 39.8 Å². The molecular weight excluding hydrogens is 286 g/mol. The standard InChI is InChI=1S/C18H27N5/c1-15-11-17(5-6-19-15)22-9-7-21(8-10-22)13-16-12-20-23(14-16)18(2,3)4/h5-6,11-12,14H,7-10,13H2,1-4H3. The van der Waals surface area contributed by atoms with Gasteiger partial charge in [-0.2, -0.15) is 5.10 Å². The molecule has 2 aromatic rings. The van der Waals surface area contributed by atoms with E-state index < -0.39 is 0 Å². The van der Waals surface area contributed by atoms with Crippen molar-refractivity contribution < 1.29 is 0 Å². The molecule has 0 aromatic carbocycles. The van der Waals surface area contributed by atoms with E-state index in [1.165, 1.54) is 11.3 Å². The normalized spacial score (nSPS) is 16.8. The van der Waals surface area contributed by atoms with Crippen LogP contribution in [-0.2, 0) is 12.1 Å². The van der Waals surface area contributed by atoms with E-state index in [0.717, 1.165) is 38.4 Å². The highest BCUT2D eigenvalue weighted by atomic mass is 15.3. The van der Waals surface area contributed by atoms with Crippen LogP contribution in [0.2, 0.25) is 0 Å². The van der Waals surface area contributed by atoms with Gasteiger partial charge in [0.25, 0.3) is 0 Å². The number of aromatic nitrogens is 3. The Kier molecular flexibility index (Phi) is 4.39. The number of pyridine rings is 1. The smallest absolute Gasteiger partial charge is 0.0543 e. The Hall–Kier alpha value is -1.88. The van der Waals surface area contributed by atoms with Crippen molar-refractivity contribution >= 4 is 5.69 Å². The first-order valence-corrected chi connectivity index (χ1v) is 8.36. The number of aryl methyl sites for hydroxylation is 1. The highest BCUT2D eigenvalue weighted by Crippen LogP contribution is 2.18. The van der Waals surface area contributed by atoms with E-state index in [1.807, 2.05) is 19.3 Å². The molecule has 3 rings (SSSR count). The van der Waals surface area contributed by atoms with Crippen LogP contribution >= 0.6 is 0 Å². The predicted octanol–water partition coefficient (Wildman–Crippen LogP) is 2.66. The molecule has 0 radical (unpaired) electrons. The van der Waals surface area contributed by atoms with Gasteiger partial charge in [-0.1, -0.05) is 0 Å². The molecule has 0 atom stereocenters. The number of rotatable bonds is 3. The zero-order valence-electron chi connectivity index (χ0n) is 14.7. The summed E-state index contributed by atoms with van der Waals surface area (Å²) in [4.78, 5) is 9.24. The topological polar surface area (TPSA) is 37.2 Å². The maximum atomic E-state index is 4.50. The molecule has 124 valence electrons. The summed E-state index contributed by atoms with van der Waals surface area (Å²) in [7, 11) is 0. The van der Waals surface area contributed by atoms with Crippen LogP contribution in [0.1, 0.15) is 32.0 Å². The number of anilines is 1. The van der Waals surface area contributed by atoms with Gasteiger partial charge in [0.15, 0.2) is 0 Å². The molecule has 0 amide bonds. The van der Waals surface area contributed by atoms with Gasteiger partial charge in [-0.15, -0.1) is 0 Å². The first-order chi connectivity index (χ1) is 10.9. The van der Waals surface area contributed by atoms with Gasteiger partial charge in [-0.25, -0.2) is 0 Å². The van der Waals surface area contributed by atoms with Crippen LogP contribution in [0.4, 0.5) is 5.69 Å². The zero-order chi connectivity index (χ0) is 16.4. The molecule has 0 N–H and O–H groups in total. The number of nitrogens with zero attached hydrogens (tertiary/aromatic N) is 5. The largest absolute Gasteiger partial charge is 0.369 e. The Morgan fingerprint density at radius 3 is 2.48 bits per heavy atom. The lowest BCUT2D eigenvalue weighted by Gasteiger charge is -2.36. The molecule has 0 aliphatic carbocycles. The highest BCUT2D eigenvalue weighted by Gasteiger charge is 2.19. The van der Waals surface area contributed by atoms with Crippen LogP contribution in [0, 0.1) is 6.92 Å². The molecule has 1 aliphatic rings. The SMILES string of the molecule is Cc1cc(N2CCN(Cc3cnn(C(C)(C)C)c3)CC2)ccn1. The molecule has 2 aromatic heterocycles. The minimum absolute atomic E-state index is 0.0517. The second-order valence-corrected chi connectivity index (χ2v) is 7.38. The molecule has 1 fully saturated rings. The molecule has 3 heterocycles. The van der Waals surface area contributed by atoms with Crippen molar-refractivity contribution in [3.8, 4) is 0 Å². The Balaban J connectivity index is 1.56. The average molecular weight is 313 g/mol. The van der Waals surface area contributed by atoms with E-state index in [2.05, 4.69) is 63.7 Å².